The number of halogens is 7. The molecule has 0 saturated carbocycles. The maximum atomic E-state index is 13.0. The van der Waals surface area contributed by atoms with Gasteiger partial charge in [-0.15, -0.1) is 0 Å². The monoisotopic (exact) mass is 533 g/mol. The van der Waals surface area contributed by atoms with E-state index < -0.39 is 35.6 Å². The van der Waals surface area contributed by atoms with E-state index in [0.29, 0.717) is 22.7 Å². The number of rotatable bonds is 7. The predicted octanol–water partition coefficient (Wildman–Crippen LogP) is 7.23. The lowest BCUT2D eigenvalue weighted by Gasteiger charge is -2.14. The van der Waals surface area contributed by atoms with E-state index >= 15 is 0 Å². The molecule has 0 aliphatic heterocycles. The quantitative estimate of drug-likeness (QED) is 0.314. The molecule has 0 fully saturated rings. The van der Waals surface area contributed by atoms with Gasteiger partial charge in [0.2, 0.25) is 0 Å². The number of amides is 2. The zero-order chi connectivity index (χ0) is 26.5. The summed E-state index contributed by atoms with van der Waals surface area (Å²) >= 11 is 5.56. The van der Waals surface area contributed by atoms with Crippen molar-refractivity contribution in [3.05, 3.63) is 76.6 Å². The summed E-state index contributed by atoms with van der Waals surface area (Å²) in [6.45, 7) is 0.0729. The normalized spacial score (nSPS) is 11.7. The van der Waals surface area contributed by atoms with E-state index in [9.17, 15) is 31.1 Å². The zero-order valence-electron chi connectivity index (χ0n) is 18.4. The average Bonchev–Trinajstić information content (AvgIpc) is 2.78. The van der Waals surface area contributed by atoms with Crippen molar-refractivity contribution in [2.75, 3.05) is 17.2 Å². The van der Waals surface area contributed by atoms with Crippen molar-refractivity contribution in [2.24, 2.45) is 0 Å². The molecule has 2 aromatic carbocycles. The number of benzene rings is 2. The van der Waals surface area contributed by atoms with E-state index in [2.05, 4.69) is 15.6 Å². The number of anilines is 2. The van der Waals surface area contributed by atoms with Gasteiger partial charge in [0, 0.05) is 23.1 Å². The first kappa shape index (κ1) is 26.9. The lowest BCUT2D eigenvalue weighted by molar-refractivity contribution is -0.153. The van der Waals surface area contributed by atoms with Crippen LogP contribution in [0.1, 0.15) is 16.8 Å². The fourth-order valence-electron chi connectivity index (χ4n) is 2.92. The molecule has 3 aromatic rings. The van der Waals surface area contributed by atoms with Crippen molar-refractivity contribution in [3.8, 4) is 11.5 Å². The molecule has 192 valence electrons. The highest BCUT2D eigenvalue weighted by Gasteiger charge is 2.33. The molecule has 2 N–H and O–H groups in total. The van der Waals surface area contributed by atoms with Crippen LogP contribution >= 0.6 is 11.6 Å². The van der Waals surface area contributed by atoms with Crippen LogP contribution in [-0.2, 0) is 12.8 Å². The highest BCUT2D eigenvalue weighted by Crippen LogP contribution is 2.36. The topological polar surface area (TPSA) is 72.5 Å². The van der Waals surface area contributed by atoms with Gasteiger partial charge in [-0.2, -0.15) is 26.3 Å². The van der Waals surface area contributed by atoms with Crippen molar-refractivity contribution in [3.63, 3.8) is 0 Å². The minimum atomic E-state index is -4.67. The molecule has 2 amide bonds. The number of hydrogen-bond donors (Lipinski definition) is 2. The summed E-state index contributed by atoms with van der Waals surface area (Å²) in [6.07, 6.45) is -7.84. The molecular weight excluding hydrogens is 516 g/mol. The minimum absolute atomic E-state index is 0.0366. The second kappa shape index (κ2) is 10.9. The van der Waals surface area contributed by atoms with Crippen molar-refractivity contribution < 1.29 is 40.6 Å². The van der Waals surface area contributed by atoms with Crippen molar-refractivity contribution in [2.45, 2.75) is 25.9 Å². The van der Waals surface area contributed by atoms with Gasteiger partial charge in [0.15, 0.2) is 6.61 Å². The Labute approximate surface area is 206 Å². The Morgan fingerprint density at radius 3 is 2.22 bits per heavy atom. The van der Waals surface area contributed by atoms with E-state index in [1.807, 2.05) is 0 Å². The van der Waals surface area contributed by atoms with E-state index in [1.54, 1.807) is 6.92 Å². The fraction of sp³-hybridized carbons (Fsp3) is 0.217. The van der Waals surface area contributed by atoms with Gasteiger partial charge in [-0.25, -0.2) is 4.79 Å². The Bertz CT molecular complexity index is 1220. The maximum absolute atomic E-state index is 13.0. The first-order valence-electron chi connectivity index (χ1n) is 10.1. The second-order valence-corrected chi connectivity index (χ2v) is 7.78. The van der Waals surface area contributed by atoms with Crippen LogP contribution in [0.2, 0.25) is 5.02 Å². The van der Waals surface area contributed by atoms with Gasteiger partial charge < -0.3 is 20.1 Å². The van der Waals surface area contributed by atoms with Crippen LogP contribution in [0.3, 0.4) is 0 Å². The van der Waals surface area contributed by atoms with Crippen LogP contribution in [0.4, 0.5) is 42.5 Å². The van der Waals surface area contributed by atoms with Gasteiger partial charge >= 0.3 is 18.4 Å². The van der Waals surface area contributed by atoms with E-state index in [-0.39, 0.29) is 18.0 Å². The predicted molar refractivity (Wildman–Crippen MR) is 120 cm³/mol. The van der Waals surface area contributed by atoms with E-state index in [0.717, 1.165) is 12.1 Å². The summed E-state index contributed by atoms with van der Waals surface area (Å²) in [5, 5.41) is 4.27. The van der Waals surface area contributed by atoms with Crippen molar-refractivity contribution in [1.29, 1.82) is 0 Å². The summed E-state index contributed by atoms with van der Waals surface area (Å²) in [5.41, 5.74) is -0.0918. The number of ether oxygens (including phenoxy) is 2. The standard InChI is InChI=1S/C23H18ClF6N3O3/c1-13-19(31-9-8-20(13)36-12-22(25,26)27)11-35-16-5-2-14(3-6-16)32-21(34)33-15-4-7-18(24)17(10-15)23(28,29)30/h2-10H,11-12H2,1H3,(H2,32,33,34). The smallest absolute Gasteiger partial charge is 0.422 e. The number of alkyl halides is 6. The number of carbonyl (C=O) groups excluding carboxylic acids is 1. The third-order valence-corrected chi connectivity index (χ3v) is 5.00. The Balaban J connectivity index is 1.56. The number of hydrogen-bond acceptors (Lipinski definition) is 4. The fourth-order valence-corrected chi connectivity index (χ4v) is 3.15. The molecular formula is C23H18ClF6N3O3. The van der Waals surface area contributed by atoms with Gasteiger partial charge in [0.25, 0.3) is 0 Å². The van der Waals surface area contributed by atoms with Gasteiger partial charge in [0.05, 0.1) is 16.3 Å². The van der Waals surface area contributed by atoms with E-state index in [1.165, 1.54) is 42.6 Å². The van der Waals surface area contributed by atoms with Gasteiger partial charge in [-0.3, -0.25) is 4.98 Å². The molecule has 0 radical (unpaired) electrons. The SMILES string of the molecule is Cc1c(OCC(F)(F)F)ccnc1COc1ccc(NC(=O)Nc2ccc(Cl)c(C(F)(F)F)c2)cc1. The minimum Gasteiger partial charge on any atom is -0.487 e. The summed E-state index contributed by atoms with van der Waals surface area (Å²) in [5.74, 6) is 0.408. The molecule has 0 aliphatic rings. The van der Waals surface area contributed by atoms with Crippen LogP contribution in [0.15, 0.2) is 54.7 Å². The van der Waals surface area contributed by atoms with Gasteiger partial charge in [0.1, 0.15) is 18.1 Å². The Morgan fingerprint density at radius 1 is 0.944 bits per heavy atom. The molecule has 1 aromatic heterocycles. The molecule has 0 atom stereocenters. The molecule has 3 rings (SSSR count). The van der Waals surface area contributed by atoms with Crippen LogP contribution in [0.25, 0.3) is 0 Å². The molecule has 0 unspecified atom stereocenters. The molecule has 0 aliphatic carbocycles. The lowest BCUT2D eigenvalue weighted by Crippen LogP contribution is -2.20. The first-order valence-corrected chi connectivity index (χ1v) is 10.5. The zero-order valence-corrected chi connectivity index (χ0v) is 19.2. The number of pyridine rings is 1. The average molecular weight is 534 g/mol. The molecule has 0 spiro atoms. The van der Waals surface area contributed by atoms with Crippen LogP contribution in [0.5, 0.6) is 11.5 Å². The van der Waals surface area contributed by atoms with Crippen molar-refractivity contribution in [1.82, 2.24) is 4.98 Å². The van der Waals surface area contributed by atoms with E-state index in [4.69, 9.17) is 21.1 Å². The Kier molecular flexibility index (Phi) is 8.18. The number of urea groups is 1. The molecule has 36 heavy (non-hydrogen) atoms. The van der Waals surface area contributed by atoms with Crippen LogP contribution < -0.4 is 20.1 Å². The highest BCUT2D eigenvalue weighted by atomic mass is 35.5. The summed E-state index contributed by atoms with van der Waals surface area (Å²) in [6, 6.07) is 9.52. The van der Waals surface area contributed by atoms with Crippen LogP contribution in [0, 0.1) is 6.92 Å². The second-order valence-electron chi connectivity index (χ2n) is 7.37. The third kappa shape index (κ3) is 7.67. The number of nitrogens with zero attached hydrogens (tertiary/aromatic N) is 1. The molecule has 13 heteroatoms. The maximum Gasteiger partial charge on any atom is 0.422 e. The van der Waals surface area contributed by atoms with Crippen LogP contribution in [-0.4, -0.2) is 23.8 Å². The lowest BCUT2D eigenvalue weighted by atomic mass is 10.2. The Morgan fingerprint density at radius 2 is 1.58 bits per heavy atom. The third-order valence-electron chi connectivity index (χ3n) is 4.67. The van der Waals surface area contributed by atoms with Gasteiger partial charge in [-0.05, 0) is 55.5 Å². The number of aromatic nitrogens is 1. The molecule has 1 heterocycles. The first-order chi connectivity index (χ1) is 16.8. The summed E-state index contributed by atoms with van der Waals surface area (Å²) < 4.78 is 86.5. The molecule has 0 bridgehead atoms. The number of nitrogens with one attached hydrogen (secondary N) is 2. The highest BCUT2D eigenvalue weighted by molar-refractivity contribution is 6.31. The summed E-state index contributed by atoms with van der Waals surface area (Å²) in [7, 11) is 0. The largest absolute Gasteiger partial charge is 0.487 e. The Hall–Kier alpha value is -3.67. The van der Waals surface area contributed by atoms with Gasteiger partial charge in [-0.1, -0.05) is 11.6 Å². The molecule has 6 nitrogen and oxygen atoms in total. The number of carbonyl (C=O) groups is 1. The summed E-state index contributed by atoms with van der Waals surface area (Å²) in [4.78, 5) is 16.2. The van der Waals surface area contributed by atoms with Crippen molar-refractivity contribution >= 4 is 29.0 Å². The molecule has 0 saturated heterocycles.